The van der Waals surface area contributed by atoms with Gasteiger partial charge in [-0.25, -0.2) is 23.2 Å². The zero-order valence-electron chi connectivity index (χ0n) is 25.4. The number of alkyl carbamates (subject to hydrolysis) is 1. The first-order chi connectivity index (χ1) is 20.9. The average molecular weight is 636 g/mol. The van der Waals surface area contributed by atoms with E-state index in [-0.39, 0.29) is 28.1 Å². The summed E-state index contributed by atoms with van der Waals surface area (Å²) < 4.78 is 33.6. The molecule has 5 rings (SSSR count). The van der Waals surface area contributed by atoms with Crippen molar-refractivity contribution < 1.29 is 17.9 Å². The van der Waals surface area contributed by atoms with Gasteiger partial charge >= 0.3 is 6.09 Å². The lowest BCUT2D eigenvalue weighted by atomic mass is 9.91. The largest absolute Gasteiger partial charge is 0.444 e. The predicted molar refractivity (Wildman–Crippen MR) is 176 cm³/mol. The molecule has 0 radical (unpaired) electrons. The van der Waals surface area contributed by atoms with Crippen LogP contribution in [0.4, 0.5) is 16.4 Å². The summed E-state index contributed by atoms with van der Waals surface area (Å²) in [5.74, 6) is 0.596. The molecule has 1 saturated carbocycles. The molecular formula is C33H38ClN5O4S. The molecular weight excluding hydrogens is 598 g/mol. The maximum absolute atomic E-state index is 12.8. The standard InChI is InChI=1S/C33H38ClN5O4S/c1-5-21-18-23(22-10-12-27(13-11-22)39-44(41,42)29-9-7-6-8-28(29)34)19-24-20-35-31(38-30(21)24)36-25-14-16-26(17-15-25)37-32(40)43-33(2,3)4/h6-13,18-20,25-26,39H,5,14-17H2,1-4H3,(H,37,40)(H,35,36,38). The summed E-state index contributed by atoms with van der Waals surface area (Å²) in [4.78, 5) is 21.6. The summed E-state index contributed by atoms with van der Waals surface area (Å²) in [5, 5.41) is 7.57. The minimum Gasteiger partial charge on any atom is -0.444 e. The molecule has 1 aliphatic rings. The molecule has 9 nitrogen and oxygen atoms in total. The van der Waals surface area contributed by atoms with Crippen molar-refractivity contribution in [3.63, 3.8) is 0 Å². The molecule has 1 fully saturated rings. The maximum atomic E-state index is 12.8. The molecule has 11 heteroatoms. The number of hydrogen-bond acceptors (Lipinski definition) is 7. The molecule has 3 aromatic carbocycles. The number of hydrogen-bond donors (Lipinski definition) is 3. The number of aromatic nitrogens is 2. The van der Waals surface area contributed by atoms with Crippen molar-refractivity contribution in [2.45, 2.75) is 82.4 Å². The smallest absolute Gasteiger partial charge is 0.407 e. The molecule has 0 atom stereocenters. The van der Waals surface area contributed by atoms with E-state index in [9.17, 15) is 13.2 Å². The van der Waals surface area contributed by atoms with Gasteiger partial charge in [-0.1, -0.05) is 42.8 Å². The number of benzene rings is 3. The van der Waals surface area contributed by atoms with Crippen LogP contribution in [0.25, 0.3) is 22.0 Å². The third-order valence-electron chi connectivity index (χ3n) is 7.52. The van der Waals surface area contributed by atoms with Gasteiger partial charge in [-0.2, -0.15) is 0 Å². The van der Waals surface area contributed by atoms with Crippen molar-refractivity contribution in [3.8, 4) is 11.1 Å². The van der Waals surface area contributed by atoms with Gasteiger partial charge in [-0.05, 0) is 106 Å². The Morgan fingerprint density at radius 2 is 1.66 bits per heavy atom. The van der Waals surface area contributed by atoms with Gasteiger partial charge in [0.2, 0.25) is 5.95 Å². The number of nitrogens with one attached hydrogen (secondary N) is 3. The number of anilines is 2. The first-order valence-electron chi connectivity index (χ1n) is 14.8. The van der Waals surface area contributed by atoms with Crippen LogP contribution in [0, 0.1) is 0 Å². The minimum atomic E-state index is -3.82. The molecule has 0 bridgehead atoms. The normalized spacial score (nSPS) is 17.2. The van der Waals surface area contributed by atoms with Crippen LogP contribution >= 0.6 is 11.6 Å². The van der Waals surface area contributed by atoms with Crippen LogP contribution in [0.15, 0.2) is 71.8 Å². The van der Waals surface area contributed by atoms with Crippen molar-refractivity contribution in [1.29, 1.82) is 0 Å². The molecule has 0 aliphatic heterocycles. The first kappa shape index (κ1) is 31.5. The van der Waals surface area contributed by atoms with Crippen LogP contribution in [0.5, 0.6) is 0 Å². The molecule has 1 aliphatic carbocycles. The van der Waals surface area contributed by atoms with Crippen molar-refractivity contribution in [2.75, 3.05) is 10.0 Å². The highest BCUT2D eigenvalue weighted by molar-refractivity contribution is 7.92. The third kappa shape index (κ3) is 7.78. The van der Waals surface area contributed by atoms with Gasteiger partial charge in [0.05, 0.1) is 10.5 Å². The van der Waals surface area contributed by atoms with Crippen LogP contribution in [-0.4, -0.2) is 42.2 Å². The first-order valence-corrected chi connectivity index (χ1v) is 16.7. The zero-order chi connectivity index (χ0) is 31.5. The molecule has 232 valence electrons. The number of sulfonamides is 1. The Hall–Kier alpha value is -3.89. The highest BCUT2D eigenvalue weighted by atomic mass is 35.5. The molecule has 1 heterocycles. The van der Waals surface area contributed by atoms with E-state index < -0.39 is 15.6 Å². The van der Waals surface area contributed by atoms with E-state index in [4.69, 9.17) is 21.3 Å². The summed E-state index contributed by atoms with van der Waals surface area (Å²) in [5.41, 5.74) is 3.87. The van der Waals surface area contributed by atoms with Gasteiger partial charge in [0, 0.05) is 29.4 Å². The fraction of sp³-hybridized carbons (Fsp3) is 0.364. The van der Waals surface area contributed by atoms with Gasteiger partial charge in [-0.3, -0.25) is 4.72 Å². The summed E-state index contributed by atoms with van der Waals surface area (Å²) in [6.45, 7) is 7.67. The van der Waals surface area contributed by atoms with Crippen LogP contribution < -0.4 is 15.4 Å². The van der Waals surface area contributed by atoms with Gasteiger partial charge in [0.1, 0.15) is 10.5 Å². The highest BCUT2D eigenvalue weighted by Gasteiger charge is 2.25. The number of nitrogens with zero attached hydrogens (tertiary/aromatic N) is 2. The molecule has 1 amide bonds. The Kier molecular flexibility index (Phi) is 9.31. The van der Waals surface area contributed by atoms with Crippen LogP contribution in [-0.2, 0) is 21.2 Å². The lowest BCUT2D eigenvalue weighted by Crippen LogP contribution is -2.42. The Morgan fingerprint density at radius 1 is 0.977 bits per heavy atom. The van der Waals surface area contributed by atoms with Gasteiger partial charge in [0.25, 0.3) is 10.0 Å². The number of carbonyl (C=O) groups excluding carboxylic acids is 1. The number of carbonyl (C=O) groups is 1. The Balaban J connectivity index is 1.25. The molecule has 0 saturated heterocycles. The van der Waals surface area contributed by atoms with Crippen molar-refractivity contribution in [1.82, 2.24) is 15.3 Å². The SMILES string of the molecule is CCc1cc(-c2ccc(NS(=O)(=O)c3ccccc3Cl)cc2)cc2cnc(NC3CCC(NC(=O)OC(C)(C)C)CC3)nc12. The van der Waals surface area contributed by atoms with Gasteiger partial charge in [-0.15, -0.1) is 0 Å². The van der Waals surface area contributed by atoms with Gasteiger partial charge in [0.15, 0.2) is 0 Å². The number of ether oxygens (including phenoxy) is 1. The average Bonchev–Trinajstić information content (AvgIpc) is 2.97. The summed E-state index contributed by atoms with van der Waals surface area (Å²) in [6.07, 6.45) is 5.76. The van der Waals surface area contributed by atoms with E-state index in [2.05, 4.69) is 39.4 Å². The van der Waals surface area contributed by atoms with Gasteiger partial charge < -0.3 is 15.4 Å². The van der Waals surface area contributed by atoms with E-state index in [0.717, 1.165) is 59.7 Å². The molecule has 4 aromatic rings. The van der Waals surface area contributed by atoms with Crippen molar-refractivity contribution >= 4 is 50.3 Å². The van der Waals surface area contributed by atoms with E-state index >= 15 is 0 Å². The second-order valence-corrected chi connectivity index (χ2v) is 14.1. The topological polar surface area (TPSA) is 122 Å². The molecule has 1 aromatic heterocycles. The second-order valence-electron chi connectivity index (χ2n) is 12.1. The molecule has 0 spiro atoms. The van der Waals surface area contributed by atoms with Crippen LogP contribution in [0.2, 0.25) is 5.02 Å². The quantitative estimate of drug-likeness (QED) is 0.183. The Morgan fingerprint density at radius 3 is 2.32 bits per heavy atom. The fourth-order valence-electron chi connectivity index (χ4n) is 5.37. The summed E-state index contributed by atoms with van der Waals surface area (Å²) >= 11 is 6.10. The Labute approximate surface area is 263 Å². The fourth-order valence-corrected chi connectivity index (χ4v) is 6.95. The van der Waals surface area contributed by atoms with Crippen molar-refractivity contribution in [3.05, 3.63) is 77.4 Å². The second kappa shape index (κ2) is 13.0. The number of rotatable bonds is 8. The number of amides is 1. The lowest BCUT2D eigenvalue weighted by molar-refractivity contribution is 0.0492. The van der Waals surface area contributed by atoms with E-state index in [1.165, 1.54) is 6.07 Å². The van der Waals surface area contributed by atoms with E-state index in [1.54, 1.807) is 30.3 Å². The van der Waals surface area contributed by atoms with E-state index in [0.29, 0.717) is 11.6 Å². The minimum absolute atomic E-state index is 0.0320. The summed E-state index contributed by atoms with van der Waals surface area (Å²) in [6, 6.07) is 18.1. The van der Waals surface area contributed by atoms with Crippen molar-refractivity contribution in [2.24, 2.45) is 0 Å². The maximum Gasteiger partial charge on any atom is 0.407 e. The third-order valence-corrected chi connectivity index (χ3v) is 9.40. The molecule has 44 heavy (non-hydrogen) atoms. The molecule has 3 N–H and O–H groups in total. The van der Waals surface area contributed by atoms with E-state index in [1.807, 2.05) is 39.1 Å². The lowest BCUT2D eigenvalue weighted by Gasteiger charge is -2.30. The van der Waals surface area contributed by atoms with Crippen LogP contribution in [0.3, 0.4) is 0 Å². The zero-order valence-corrected chi connectivity index (χ0v) is 26.9. The highest BCUT2D eigenvalue weighted by Crippen LogP contribution is 2.30. The summed E-state index contributed by atoms with van der Waals surface area (Å²) in [7, 11) is -3.82. The monoisotopic (exact) mass is 635 g/mol. The number of aryl methyl sites for hydroxylation is 1. The predicted octanol–water partition coefficient (Wildman–Crippen LogP) is 7.56. The number of fused-ring (bicyclic) bond motifs is 1. The Bertz CT molecular complexity index is 1750. The van der Waals surface area contributed by atoms with Crippen LogP contribution in [0.1, 0.15) is 58.9 Å². The molecule has 0 unspecified atom stereocenters. The number of halogens is 1.